The molecule has 0 N–H and O–H groups in total. The monoisotopic (exact) mass is 187 g/mol. The summed E-state index contributed by atoms with van der Waals surface area (Å²) in [4.78, 5) is 13.1. The molecule has 0 aromatic heterocycles. The Morgan fingerprint density at radius 1 is 1.23 bits per heavy atom. The SMILES string of the molecule is CCN(CC)C(=O)OC(C)C(C)C. The van der Waals surface area contributed by atoms with E-state index in [1.54, 1.807) is 4.90 Å². The number of nitrogens with zero attached hydrogens (tertiary/aromatic N) is 1. The summed E-state index contributed by atoms with van der Waals surface area (Å²) in [6.45, 7) is 11.3. The molecule has 0 aromatic rings. The lowest BCUT2D eigenvalue weighted by atomic mass is 10.1. The second kappa shape index (κ2) is 5.84. The Hall–Kier alpha value is -0.730. The molecule has 0 aromatic carbocycles. The Morgan fingerprint density at radius 2 is 1.69 bits per heavy atom. The molecule has 0 aliphatic rings. The van der Waals surface area contributed by atoms with E-state index in [1.165, 1.54) is 0 Å². The van der Waals surface area contributed by atoms with Crippen molar-refractivity contribution in [2.45, 2.75) is 40.7 Å². The van der Waals surface area contributed by atoms with Gasteiger partial charge in [0.2, 0.25) is 0 Å². The van der Waals surface area contributed by atoms with Crippen LogP contribution in [0, 0.1) is 5.92 Å². The number of amides is 1. The molecule has 1 amide bonds. The van der Waals surface area contributed by atoms with Gasteiger partial charge >= 0.3 is 6.09 Å². The summed E-state index contributed by atoms with van der Waals surface area (Å²) >= 11 is 0. The number of rotatable bonds is 4. The summed E-state index contributed by atoms with van der Waals surface area (Å²) in [5.41, 5.74) is 0. The highest BCUT2D eigenvalue weighted by Gasteiger charge is 2.16. The molecule has 3 heteroatoms. The minimum atomic E-state index is -0.203. The van der Waals surface area contributed by atoms with Crippen molar-refractivity contribution in [1.29, 1.82) is 0 Å². The van der Waals surface area contributed by atoms with Gasteiger partial charge in [-0.1, -0.05) is 13.8 Å². The van der Waals surface area contributed by atoms with Crippen LogP contribution in [0.5, 0.6) is 0 Å². The van der Waals surface area contributed by atoms with Gasteiger partial charge in [-0.2, -0.15) is 0 Å². The van der Waals surface area contributed by atoms with E-state index in [0.717, 1.165) is 0 Å². The lowest BCUT2D eigenvalue weighted by molar-refractivity contribution is 0.0532. The van der Waals surface area contributed by atoms with Gasteiger partial charge in [-0.25, -0.2) is 4.79 Å². The van der Waals surface area contributed by atoms with Crippen LogP contribution in [0.2, 0.25) is 0 Å². The van der Waals surface area contributed by atoms with Gasteiger partial charge in [0.05, 0.1) is 0 Å². The zero-order valence-electron chi connectivity index (χ0n) is 9.33. The summed E-state index contributed by atoms with van der Waals surface area (Å²) < 4.78 is 5.24. The maximum absolute atomic E-state index is 11.4. The van der Waals surface area contributed by atoms with Gasteiger partial charge in [0.15, 0.2) is 0 Å². The number of carbonyl (C=O) groups is 1. The predicted molar refractivity (Wildman–Crippen MR) is 53.7 cm³/mol. The molecule has 0 fully saturated rings. The first-order valence-electron chi connectivity index (χ1n) is 4.98. The van der Waals surface area contributed by atoms with Gasteiger partial charge in [0.1, 0.15) is 6.10 Å². The molecule has 1 atom stereocenters. The first-order chi connectivity index (χ1) is 6.02. The van der Waals surface area contributed by atoms with Gasteiger partial charge < -0.3 is 9.64 Å². The van der Waals surface area contributed by atoms with Crippen LogP contribution in [-0.4, -0.2) is 30.2 Å². The number of hydrogen-bond donors (Lipinski definition) is 0. The average Bonchev–Trinajstić information content (AvgIpc) is 2.06. The molecule has 78 valence electrons. The van der Waals surface area contributed by atoms with Crippen LogP contribution in [-0.2, 0) is 4.74 Å². The molecule has 0 radical (unpaired) electrons. The van der Waals surface area contributed by atoms with Crippen LogP contribution < -0.4 is 0 Å². The van der Waals surface area contributed by atoms with E-state index in [4.69, 9.17) is 4.74 Å². The second-order valence-corrected chi connectivity index (χ2v) is 3.51. The molecule has 0 aliphatic heterocycles. The lowest BCUT2D eigenvalue weighted by Gasteiger charge is -2.23. The summed E-state index contributed by atoms with van der Waals surface area (Å²) in [5.74, 6) is 0.375. The first-order valence-corrected chi connectivity index (χ1v) is 4.98. The minimum Gasteiger partial charge on any atom is -0.446 e. The number of ether oxygens (including phenoxy) is 1. The van der Waals surface area contributed by atoms with Crippen LogP contribution >= 0.6 is 0 Å². The Kier molecular flexibility index (Phi) is 5.51. The molecule has 13 heavy (non-hydrogen) atoms. The molecule has 0 saturated heterocycles. The minimum absolute atomic E-state index is 0.00639. The van der Waals surface area contributed by atoms with Crippen molar-refractivity contribution in [2.24, 2.45) is 5.92 Å². The van der Waals surface area contributed by atoms with Crippen LogP contribution in [0.4, 0.5) is 4.79 Å². The van der Waals surface area contributed by atoms with Crippen molar-refractivity contribution < 1.29 is 9.53 Å². The van der Waals surface area contributed by atoms with E-state index in [-0.39, 0.29) is 12.2 Å². The third kappa shape index (κ3) is 4.15. The van der Waals surface area contributed by atoms with E-state index in [1.807, 2.05) is 34.6 Å². The quantitative estimate of drug-likeness (QED) is 0.676. The van der Waals surface area contributed by atoms with Crippen molar-refractivity contribution in [3.63, 3.8) is 0 Å². The van der Waals surface area contributed by atoms with Gasteiger partial charge in [0, 0.05) is 13.1 Å². The summed E-state index contributed by atoms with van der Waals surface area (Å²) in [6, 6.07) is 0. The Labute approximate surface area is 81.1 Å². The van der Waals surface area contributed by atoms with E-state index in [2.05, 4.69) is 0 Å². The highest BCUT2D eigenvalue weighted by atomic mass is 16.6. The van der Waals surface area contributed by atoms with Crippen molar-refractivity contribution >= 4 is 6.09 Å². The summed E-state index contributed by atoms with van der Waals surface area (Å²) in [7, 11) is 0. The maximum atomic E-state index is 11.4. The molecule has 0 aliphatic carbocycles. The van der Waals surface area contributed by atoms with Crippen LogP contribution in [0.15, 0.2) is 0 Å². The van der Waals surface area contributed by atoms with Gasteiger partial charge in [0.25, 0.3) is 0 Å². The molecule has 1 unspecified atom stereocenters. The Balaban J connectivity index is 3.98. The second-order valence-electron chi connectivity index (χ2n) is 3.51. The van der Waals surface area contributed by atoms with E-state index in [9.17, 15) is 4.79 Å². The molecular formula is C10H21NO2. The summed E-state index contributed by atoms with van der Waals surface area (Å²) in [6.07, 6.45) is -0.209. The summed E-state index contributed by atoms with van der Waals surface area (Å²) in [5, 5.41) is 0. The molecule has 0 rings (SSSR count). The van der Waals surface area contributed by atoms with Gasteiger partial charge in [-0.15, -0.1) is 0 Å². The van der Waals surface area contributed by atoms with Crippen LogP contribution in [0.25, 0.3) is 0 Å². The van der Waals surface area contributed by atoms with E-state index >= 15 is 0 Å². The molecule has 0 bridgehead atoms. The van der Waals surface area contributed by atoms with Crippen molar-refractivity contribution in [3.05, 3.63) is 0 Å². The topological polar surface area (TPSA) is 29.5 Å². The maximum Gasteiger partial charge on any atom is 0.410 e. The highest BCUT2D eigenvalue weighted by Crippen LogP contribution is 2.07. The van der Waals surface area contributed by atoms with Gasteiger partial charge in [-0.3, -0.25) is 0 Å². The van der Waals surface area contributed by atoms with Crippen LogP contribution in [0.3, 0.4) is 0 Å². The Morgan fingerprint density at radius 3 is 2.00 bits per heavy atom. The molecule has 0 spiro atoms. The van der Waals surface area contributed by atoms with Gasteiger partial charge in [-0.05, 0) is 26.7 Å². The smallest absolute Gasteiger partial charge is 0.410 e. The van der Waals surface area contributed by atoms with E-state index < -0.39 is 0 Å². The largest absolute Gasteiger partial charge is 0.446 e. The predicted octanol–water partition coefficient (Wildman–Crippen LogP) is 2.51. The molecule has 3 nitrogen and oxygen atoms in total. The molecule has 0 heterocycles. The number of carbonyl (C=O) groups excluding carboxylic acids is 1. The fourth-order valence-electron chi connectivity index (χ4n) is 0.851. The normalized spacial score (nSPS) is 12.8. The molecule has 0 saturated carbocycles. The zero-order valence-corrected chi connectivity index (χ0v) is 9.33. The average molecular weight is 187 g/mol. The lowest BCUT2D eigenvalue weighted by Crippen LogP contribution is -2.34. The fraction of sp³-hybridized carbons (Fsp3) is 0.900. The highest BCUT2D eigenvalue weighted by molar-refractivity contribution is 5.67. The first kappa shape index (κ1) is 12.3. The van der Waals surface area contributed by atoms with E-state index in [0.29, 0.717) is 19.0 Å². The number of hydrogen-bond acceptors (Lipinski definition) is 2. The van der Waals surface area contributed by atoms with Crippen molar-refractivity contribution in [2.75, 3.05) is 13.1 Å². The Bertz CT molecular complexity index is 153. The fourth-order valence-corrected chi connectivity index (χ4v) is 0.851. The van der Waals surface area contributed by atoms with Crippen molar-refractivity contribution in [3.8, 4) is 0 Å². The van der Waals surface area contributed by atoms with Crippen molar-refractivity contribution in [1.82, 2.24) is 4.90 Å². The van der Waals surface area contributed by atoms with Crippen LogP contribution in [0.1, 0.15) is 34.6 Å². The third-order valence-electron chi connectivity index (χ3n) is 2.25. The standard InChI is InChI=1S/C10H21NO2/c1-6-11(7-2)10(12)13-9(5)8(3)4/h8-9H,6-7H2,1-5H3. The third-order valence-corrected chi connectivity index (χ3v) is 2.25. The molecular weight excluding hydrogens is 166 g/mol. The zero-order chi connectivity index (χ0) is 10.4.